The van der Waals surface area contributed by atoms with E-state index in [0.717, 1.165) is 35.2 Å². The van der Waals surface area contributed by atoms with Gasteiger partial charge in [0.2, 0.25) is 0 Å². The number of rotatable bonds is 6. The summed E-state index contributed by atoms with van der Waals surface area (Å²) in [7, 11) is 1.88. The first-order valence-electron chi connectivity index (χ1n) is 6.41. The highest BCUT2D eigenvalue weighted by molar-refractivity contribution is 7.09. The van der Waals surface area contributed by atoms with E-state index >= 15 is 0 Å². The van der Waals surface area contributed by atoms with Crippen LogP contribution in [-0.2, 0) is 6.42 Å². The second-order valence-corrected chi connectivity index (χ2v) is 5.23. The van der Waals surface area contributed by atoms with Crippen LogP contribution in [-0.4, -0.2) is 28.5 Å². The van der Waals surface area contributed by atoms with E-state index in [1.165, 1.54) is 0 Å². The van der Waals surface area contributed by atoms with Gasteiger partial charge in [-0.3, -0.25) is 0 Å². The first-order chi connectivity index (χ1) is 9.26. The van der Waals surface area contributed by atoms with Crippen LogP contribution in [0.2, 0.25) is 0 Å². The minimum atomic E-state index is 0.373. The van der Waals surface area contributed by atoms with Crippen LogP contribution in [0.1, 0.15) is 30.3 Å². The topological polar surface area (TPSA) is 62.7 Å². The lowest BCUT2D eigenvalue weighted by Crippen LogP contribution is -2.13. The SMILES string of the molecule is CCc1c(NC)ncnc1NCC(C)c1nccs1. The van der Waals surface area contributed by atoms with Crippen LogP contribution in [0.15, 0.2) is 17.9 Å². The molecule has 2 aromatic heterocycles. The predicted octanol–water partition coefficient (Wildman–Crippen LogP) is 2.75. The van der Waals surface area contributed by atoms with Crippen molar-refractivity contribution >= 4 is 23.0 Å². The Morgan fingerprint density at radius 3 is 2.68 bits per heavy atom. The maximum Gasteiger partial charge on any atom is 0.134 e. The second-order valence-electron chi connectivity index (χ2n) is 4.31. The van der Waals surface area contributed by atoms with Crippen molar-refractivity contribution in [3.8, 4) is 0 Å². The lowest BCUT2D eigenvalue weighted by Gasteiger charge is -2.15. The largest absolute Gasteiger partial charge is 0.373 e. The molecule has 6 heteroatoms. The van der Waals surface area contributed by atoms with Crippen LogP contribution in [0.3, 0.4) is 0 Å². The van der Waals surface area contributed by atoms with Gasteiger partial charge in [0.15, 0.2) is 0 Å². The van der Waals surface area contributed by atoms with Crippen LogP contribution in [0.5, 0.6) is 0 Å². The van der Waals surface area contributed by atoms with E-state index in [9.17, 15) is 0 Å². The lowest BCUT2D eigenvalue weighted by atomic mass is 10.1. The summed E-state index contributed by atoms with van der Waals surface area (Å²) in [6.07, 6.45) is 4.32. The Bertz CT molecular complexity index is 512. The quantitative estimate of drug-likeness (QED) is 0.850. The van der Waals surface area contributed by atoms with Crippen LogP contribution in [0, 0.1) is 0 Å². The Kier molecular flexibility index (Phi) is 4.68. The third-order valence-electron chi connectivity index (χ3n) is 2.98. The highest BCUT2D eigenvalue weighted by atomic mass is 32.1. The monoisotopic (exact) mass is 277 g/mol. The van der Waals surface area contributed by atoms with Gasteiger partial charge in [0, 0.05) is 36.7 Å². The Hall–Kier alpha value is -1.69. The normalized spacial score (nSPS) is 12.2. The molecule has 2 rings (SSSR count). The van der Waals surface area contributed by atoms with Gasteiger partial charge in [-0.15, -0.1) is 11.3 Å². The van der Waals surface area contributed by atoms with Crippen molar-refractivity contribution in [3.05, 3.63) is 28.5 Å². The first kappa shape index (κ1) is 13.7. The van der Waals surface area contributed by atoms with Crippen molar-refractivity contribution in [2.24, 2.45) is 0 Å². The molecule has 1 atom stereocenters. The van der Waals surface area contributed by atoms with Gasteiger partial charge < -0.3 is 10.6 Å². The number of anilines is 2. The van der Waals surface area contributed by atoms with Gasteiger partial charge in [-0.2, -0.15) is 0 Å². The summed E-state index contributed by atoms with van der Waals surface area (Å²) in [5, 5.41) is 9.66. The van der Waals surface area contributed by atoms with Gasteiger partial charge in [-0.05, 0) is 6.42 Å². The number of nitrogens with one attached hydrogen (secondary N) is 2. The van der Waals surface area contributed by atoms with Crippen LogP contribution < -0.4 is 10.6 Å². The molecule has 0 amide bonds. The molecule has 0 radical (unpaired) electrons. The summed E-state index contributed by atoms with van der Waals surface area (Å²) in [6.45, 7) is 5.09. The van der Waals surface area contributed by atoms with Gasteiger partial charge in [0.25, 0.3) is 0 Å². The van der Waals surface area contributed by atoms with Crippen molar-refractivity contribution < 1.29 is 0 Å². The fraction of sp³-hybridized carbons (Fsp3) is 0.462. The van der Waals surface area contributed by atoms with E-state index < -0.39 is 0 Å². The Labute approximate surface area is 117 Å². The molecule has 0 fully saturated rings. The third-order valence-corrected chi connectivity index (χ3v) is 3.99. The van der Waals surface area contributed by atoms with Gasteiger partial charge >= 0.3 is 0 Å². The molecule has 102 valence electrons. The molecule has 0 aliphatic heterocycles. The predicted molar refractivity (Wildman–Crippen MR) is 80.0 cm³/mol. The van der Waals surface area contributed by atoms with Crippen molar-refractivity contribution in [1.82, 2.24) is 15.0 Å². The molecule has 2 heterocycles. The Balaban J connectivity index is 2.07. The molecule has 19 heavy (non-hydrogen) atoms. The molecule has 1 unspecified atom stereocenters. The zero-order valence-corrected chi connectivity index (χ0v) is 12.3. The maximum atomic E-state index is 4.34. The smallest absolute Gasteiger partial charge is 0.134 e. The molecular weight excluding hydrogens is 258 g/mol. The van der Waals surface area contributed by atoms with Gasteiger partial charge in [-0.25, -0.2) is 15.0 Å². The van der Waals surface area contributed by atoms with Crippen molar-refractivity contribution in [3.63, 3.8) is 0 Å². The van der Waals surface area contributed by atoms with Gasteiger partial charge in [0.1, 0.15) is 18.0 Å². The van der Waals surface area contributed by atoms with E-state index in [1.54, 1.807) is 17.7 Å². The number of hydrogen-bond acceptors (Lipinski definition) is 6. The van der Waals surface area contributed by atoms with Crippen LogP contribution in [0.4, 0.5) is 11.6 Å². The molecule has 2 aromatic rings. The fourth-order valence-corrected chi connectivity index (χ4v) is 2.63. The molecule has 5 nitrogen and oxygen atoms in total. The van der Waals surface area contributed by atoms with E-state index in [-0.39, 0.29) is 0 Å². The molecule has 0 aliphatic rings. The summed E-state index contributed by atoms with van der Waals surface area (Å²) in [5.41, 5.74) is 1.12. The fourth-order valence-electron chi connectivity index (χ4n) is 1.93. The first-order valence-corrected chi connectivity index (χ1v) is 7.29. The van der Waals surface area contributed by atoms with Crippen LogP contribution >= 0.6 is 11.3 Å². The zero-order chi connectivity index (χ0) is 13.7. The lowest BCUT2D eigenvalue weighted by molar-refractivity contribution is 0.789. The van der Waals surface area contributed by atoms with E-state index in [0.29, 0.717) is 5.92 Å². The van der Waals surface area contributed by atoms with Crippen molar-refractivity contribution in [1.29, 1.82) is 0 Å². The standard InChI is InChI=1S/C13H19N5S/c1-4-10-11(14-3)17-8-18-12(10)16-7-9(2)13-15-5-6-19-13/h5-6,8-9H,4,7H2,1-3H3,(H2,14,16,17,18). The summed E-state index contributed by atoms with van der Waals surface area (Å²) in [4.78, 5) is 12.9. The maximum absolute atomic E-state index is 4.34. The summed E-state index contributed by atoms with van der Waals surface area (Å²) in [5.74, 6) is 2.17. The highest BCUT2D eigenvalue weighted by Gasteiger charge is 2.11. The Morgan fingerprint density at radius 1 is 1.26 bits per heavy atom. The second kappa shape index (κ2) is 6.47. The zero-order valence-electron chi connectivity index (χ0n) is 11.5. The highest BCUT2D eigenvalue weighted by Crippen LogP contribution is 2.22. The molecule has 0 bridgehead atoms. The van der Waals surface area contributed by atoms with Crippen molar-refractivity contribution in [2.45, 2.75) is 26.2 Å². The molecule has 2 N–H and O–H groups in total. The average molecular weight is 277 g/mol. The van der Waals surface area contributed by atoms with E-state index in [2.05, 4.69) is 39.4 Å². The van der Waals surface area contributed by atoms with E-state index in [4.69, 9.17) is 0 Å². The number of aromatic nitrogens is 3. The third kappa shape index (κ3) is 3.20. The van der Waals surface area contributed by atoms with E-state index in [1.807, 2.05) is 18.6 Å². The molecule has 0 aromatic carbocycles. The molecule has 0 spiro atoms. The molecular formula is C13H19N5S. The summed E-state index contributed by atoms with van der Waals surface area (Å²) >= 11 is 1.69. The van der Waals surface area contributed by atoms with Crippen molar-refractivity contribution in [2.75, 3.05) is 24.2 Å². The average Bonchev–Trinajstić information content (AvgIpc) is 2.98. The Morgan fingerprint density at radius 2 is 2.05 bits per heavy atom. The molecule has 0 saturated carbocycles. The minimum absolute atomic E-state index is 0.373. The number of thiazole rings is 1. The number of hydrogen-bond donors (Lipinski definition) is 2. The van der Waals surface area contributed by atoms with Gasteiger partial charge in [-0.1, -0.05) is 13.8 Å². The van der Waals surface area contributed by atoms with Crippen LogP contribution in [0.25, 0.3) is 0 Å². The molecule has 0 aliphatic carbocycles. The molecule has 0 saturated heterocycles. The van der Waals surface area contributed by atoms with Gasteiger partial charge in [0.05, 0.1) is 5.01 Å². The number of nitrogens with zero attached hydrogens (tertiary/aromatic N) is 3. The summed E-state index contributed by atoms with van der Waals surface area (Å²) < 4.78 is 0. The minimum Gasteiger partial charge on any atom is -0.373 e. The summed E-state index contributed by atoms with van der Waals surface area (Å²) in [6, 6.07) is 0.